The third-order valence-electron chi connectivity index (χ3n) is 5.20. The maximum atomic E-state index is 13.1. The van der Waals surface area contributed by atoms with Crippen molar-refractivity contribution in [1.29, 1.82) is 0 Å². The van der Waals surface area contributed by atoms with E-state index in [4.69, 9.17) is 14.6 Å². The maximum Gasteiger partial charge on any atom is 0.272 e. The molecule has 0 saturated heterocycles. The second-order valence-electron chi connectivity index (χ2n) is 8.63. The van der Waals surface area contributed by atoms with Crippen molar-refractivity contribution < 1.29 is 24.2 Å². The van der Waals surface area contributed by atoms with E-state index >= 15 is 0 Å². The zero-order valence-electron chi connectivity index (χ0n) is 20.3. The highest BCUT2D eigenvalue weighted by molar-refractivity contribution is 5.94. The Labute approximate surface area is 195 Å². The molecule has 1 unspecified atom stereocenters. The summed E-state index contributed by atoms with van der Waals surface area (Å²) in [6.45, 7) is 8.67. The van der Waals surface area contributed by atoms with Gasteiger partial charge in [0.2, 0.25) is 5.91 Å². The summed E-state index contributed by atoms with van der Waals surface area (Å²) in [4.78, 5) is 25.2. The maximum absolute atomic E-state index is 13.1. The number of nitrogens with one attached hydrogen (secondary N) is 2. The number of amides is 2. The van der Waals surface area contributed by atoms with E-state index in [0.717, 1.165) is 5.56 Å². The first-order valence-electron chi connectivity index (χ1n) is 11.2. The lowest BCUT2D eigenvalue weighted by Crippen LogP contribution is -2.42. The molecule has 182 valence electrons. The Balaban J connectivity index is 2.39. The van der Waals surface area contributed by atoms with Gasteiger partial charge in [-0.3, -0.25) is 14.3 Å². The SMILES string of the molecule is COc1cccc(OC)c1-c1cc(C(=O)NC(CC(=O)NCCO)C(C)C)nn1CC(C)C. The predicted octanol–water partition coefficient (Wildman–Crippen LogP) is 2.48. The summed E-state index contributed by atoms with van der Waals surface area (Å²) in [6.07, 6.45) is 0.114. The summed E-state index contributed by atoms with van der Waals surface area (Å²) < 4.78 is 12.9. The number of rotatable bonds is 12. The number of hydrogen-bond donors (Lipinski definition) is 3. The second kappa shape index (κ2) is 12.2. The third-order valence-corrected chi connectivity index (χ3v) is 5.20. The van der Waals surface area contributed by atoms with Crippen molar-refractivity contribution in [1.82, 2.24) is 20.4 Å². The molecule has 0 saturated carbocycles. The molecule has 1 aromatic carbocycles. The van der Waals surface area contributed by atoms with E-state index in [9.17, 15) is 9.59 Å². The van der Waals surface area contributed by atoms with Gasteiger partial charge in [-0.25, -0.2) is 0 Å². The van der Waals surface area contributed by atoms with Crippen molar-refractivity contribution in [2.24, 2.45) is 11.8 Å². The predicted molar refractivity (Wildman–Crippen MR) is 126 cm³/mol. The van der Waals surface area contributed by atoms with E-state index in [1.54, 1.807) is 25.0 Å². The molecule has 0 fully saturated rings. The van der Waals surface area contributed by atoms with Gasteiger partial charge >= 0.3 is 0 Å². The van der Waals surface area contributed by atoms with Crippen LogP contribution in [-0.4, -0.2) is 60.1 Å². The second-order valence-corrected chi connectivity index (χ2v) is 8.63. The average molecular weight is 461 g/mol. The van der Waals surface area contributed by atoms with Gasteiger partial charge in [-0.15, -0.1) is 0 Å². The Morgan fingerprint density at radius 2 is 1.76 bits per heavy atom. The van der Waals surface area contributed by atoms with Gasteiger partial charge in [0, 0.05) is 25.6 Å². The Hall–Kier alpha value is -3.07. The third kappa shape index (κ3) is 6.95. The summed E-state index contributed by atoms with van der Waals surface area (Å²) >= 11 is 0. The summed E-state index contributed by atoms with van der Waals surface area (Å²) in [5.41, 5.74) is 1.68. The minimum Gasteiger partial charge on any atom is -0.496 e. The van der Waals surface area contributed by atoms with Crippen molar-refractivity contribution in [3.8, 4) is 22.8 Å². The fourth-order valence-electron chi connectivity index (χ4n) is 3.48. The normalized spacial score (nSPS) is 12.0. The van der Waals surface area contributed by atoms with Crippen LogP contribution < -0.4 is 20.1 Å². The molecule has 1 heterocycles. The first-order chi connectivity index (χ1) is 15.7. The summed E-state index contributed by atoms with van der Waals surface area (Å²) in [5.74, 6) is 0.965. The molecule has 9 heteroatoms. The summed E-state index contributed by atoms with van der Waals surface area (Å²) in [6, 6.07) is 6.86. The Morgan fingerprint density at radius 3 is 2.27 bits per heavy atom. The Kier molecular flexibility index (Phi) is 9.72. The van der Waals surface area contributed by atoms with Gasteiger partial charge in [0.25, 0.3) is 5.91 Å². The van der Waals surface area contributed by atoms with Crippen molar-refractivity contribution in [2.75, 3.05) is 27.4 Å². The lowest BCUT2D eigenvalue weighted by atomic mass is 10.00. The van der Waals surface area contributed by atoms with E-state index in [-0.39, 0.29) is 49.0 Å². The van der Waals surface area contributed by atoms with E-state index in [1.807, 2.05) is 32.0 Å². The number of aliphatic hydroxyl groups is 1. The van der Waals surface area contributed by atoms with Crippen LogP contribution in [0.4, 0.5) is 0 Å². The van der Waals surface area contributed by atoms with E-state index in [0.29, 0.717) is 29.7 Å². The Bertz CT molecular complexity index is 917. The minimum absolute atomic E-state index is 0.0281. The minimum atomic E-state index is -0.379. The quantitative estimate of drug-likeness (QED) is 0.448. The van der Waals surface area contributed by atoms with Crippen LogP contribution in [0, 0.1) is 11.8 Å². The molecule has 2 rings (SSSR count). The summed E-state index contributed by atoms with van der Waals surface area (Å²) in [5, 5.41) is 19.0. The van der Waals surface area contributed by atoms with Crippen LogP contribution in [0.3, 0.4) is 0 Å². The van der Waals surface area contributed by atoms with Gasteiger partial charge in [0.05, 0.1) is 32.1 Å². The molecule has 1 aromatic heterocycles. The first kappa shape index (κ1) is 26.2. The molecule has 0 aliphatic carbocycles. The number of ether oxygens (including phenoxy) is 2. The lowest BCUT2D eigenvalue weighted by molar-refractivity contribution is -0.121. The van der Waals surface area contributed by atoms with Crippen molar-refractivity contribution in [3.63, 3.8) is 0 Å². The lowest BCUT2D eigenvalue weighted by Gasteiger charge is -2.21. The molecule has 0 radical (unpaired) electrons. The smallest absolute Gasteiger partial charge is 0.272 e. The highest BCUT2D eigenvalue weighted by Gasteiger charge is 2.25. The van der Waals surface area contributed by atoms with Crippen LogP contribution in [0.25, 0.3) is 11.3 Å². The molecule has 33 heavy (non-hydrogen) atoms. The summed E-state index contributed by atoms with van der Waals surface area (Å²) in [7, 11) is 3.17. The molecular weight excluding hydrogens is 424 g/mol. The molecule has 0 spiro atoms. The van der Waals surface area contributed by atoms with Gasteiger partial charge in [-0.1, -0.05) is 33.8 Å². The standard InChI is InChI=1S/C24H36N4O5/c1-15(2)14-28-19(23-20(32-5)8-7-9-21(23)33-6)12-18(27-28)24(31)26-17(16(3)4)13-22(30)25-10-11-29/h7-9,12,15-17,29H,10-11,13-14H2,1-6H3,(H,25,30)(H,26,31). The molecule has 0 aliphatic heterocycles. The molecule has 9 nitrogen and oxygen atoms in total. The van der Waals surface area contributed by atoms with Crippen molar-refractivity contribution in [2.45, 2.75) is 46.7 Å². The van der Waals surface area contributed by atoms with Gasteiger partial charge in [-0.2, -0.15) is 5.10 Å². The first-order valence-corrected chi connectivity index (χ1v) is 11.2. The monoisotopic (exact) mass is 460 g/mol. The Morgan fingerprint density at radius 1 is 1.12 bits per heavy atom. The van der Waals surface area contributed by atoms with E-state index < -0.39 is 0 Å². The fourth-order valence-corrected chi connectivity index (χ4v) is 3.48. The van der Waals surface area contributed by atoms with Crippen LogP contribution in [0.1, 0.15) is 44.6 Å². The van der Waals surface area contributed by atoms with Crippen LogP contribution in [0.15, 0.2) is 24.3 Å². The molecule has 1 atom stereocenters. The van der Waals surface area contributed by atoms with Gasteiger partial charge < -0.3 is 25.2 Å². The number of carbonyl (C=O) groups is 2. The van der Waals surface area contributed by atoms with Crippen LogP contribution in [-0.2, 0) is 11.3 Å². The number of carbonyl (C=O) groups excluding carboxylic acids is 2. The number of methoxy groups -OCH3 is 2. The molecule has 3 N–H and O–H groups in total. The molecule has 2 amide bonds. The molecule has 0 aliphatic rings. The van der Waals surface area contributed by atoms with Gasteiger partial charge in [0.15, 0.2) is 5.69 Å². The molecule has 2 aromatic rings. The highest BCUT2D eigenvalue weighted by Crippen LogP contribution is 2.38. The zero-order chi connectivity index (χ0) is 24.5. The number of nitrogens with zero attached hydrogens (tertiary/aromatic N) is 2. The van der Waals surface area contributed by atoms with Crippen LogP contribution in [0.5, 0.6) is 11.5 Å². The van der Waals surface area contributed by atoms with Gasteiger partial charge in [-0.05, 0) is 30.0 Å². The number of aromatic nitrogens is 2. The highest BCUT2D eigenvalue weighted by atomic mass is 16.5. The van der Waals surface area contributed by atoms with Crippen LogP contribution >= 0.6 is 0 Å². The van der Waals surface area contributed by atoms with Crippen molar-refractivity contribution in [3.05, 3.63) is 30.0 Å². The fraction of sp³-hybridized carbons (Fsp3) is 0.542. The van der Waals surface area contributed by atoms with E-state index in [2.05, 4.69) is 29.6 Å². The average Bonchev–Trinajstić information content (AvgIpc) is 3.19. The van der Waals surface area contributed by atoms with E-state index in [1.165, 1.54) is 0 Å². The van der Waals surface area contributed by atoms with Crippen molar-refractivity contribution >= 4 is 11.8 Å². The number of hydrogen-bond acceptors (Lipinski definition) is 6. The van der Waals surface area contributed by atoms with Gasteiger partial charge in [0.1, 0.15) is 11.5 Å². The largest absolute Gasteiger partial charge is 0.496 e. The number of benzene rings is 1. The molecule has 0 bridgehead atoms. The topological polar surface area (TPSA) is 115 Å². The number of aliphatic hydroxyl groups excluding tert-OH is 1. The van der Waals surface area contributed by atoms with Crippen LogP contribution in [0.2, 0.25) is 0 Å². The zero-order valence-corrected chi connectivity index (χ0v) is 20.3. The molecular formula is C24H36N4O5.